The number of alkyl halides is 2. The van der Waals surface area contributed by atoms with E-state index in [1.54, 1.807) is 13.0 Å². The maximum atomic E-state index is 15.4. The molecule has 14 heteroatoms. The van der Waals surface area contributed by atoms with Gasteiger partial charge in [-0.05, 0) is 31.2 Å². The largest absolute Gasteiger partial charge is 0.497 e. The van der Waals surface area contributed by atoms with Crippen LogP contribution in [-0.2, 0) is 11.8 Å². The van der Waals surface area contributed by atoms with E-state index in [9.17, 15) is 18.4 Å². The number of carbonyl (C=O) groups excluding carboxylic acids is 1. The summed E-state index contributed by atoms with van der Waals surface area (Å²) < 4.78 is 78.6. The summed E-state index contributed by atoms with van der Waals surface area (Å²) in [6.45, 7) is 2.04. The van der Waals surface area contributed by atoms with Gasteiger partial charge in [0.1, 0.15) is 40.3 Å². The van der Waals surface area contributed by atoms with E-state index in [0.29, 0.717) is 31.3 Å². The van der Waals surface area contributed by atoms with Gasteiger partial charge in [0.25, 0.3) is 11.5 Å². The molecule has 10 nitrogen and oxygen atoms in total. The topological polar surface area (TPSA) is 106 Å². The quantitative estimate of drug-likeness (QED) is 0.247. The molecule has 1 N–H and O–H groups in total. The van der Waals surface area contributed by atoms with E-state index in [-0.39, 0.29) is 34.0 Å². The third-order valence-corrected chi connectivity index (χ3v) is 6.95. The number of aryl methyl sites for hydroxylation is 1. The Morgan fingerprint density at radius 2 is 1.73 bits per heavy atom. The lowest BCUT2D eigenvalue weighted by Gasteiger charge is -2.37. The number of benzene rings is 2. The van der Waals surface area contributed by atoms with Crippen LogP contribution in [0, 0.1) is 24.0 Å². The van der Waals surface area contributed by atoms with Gasteiger partial charge in [-0.25, -0.2) is 13.8 Å². The van der Waals surface area contributed by atoms with Crippen molar-refractivity contribution in [3.63, 3.8) is 0 Å². The van der Waals surface area contributed by atoms with Crippen LogP contribution >= 0.6 is 0 Å². The maximum Gasteiger partial charge on any atom is 0.387 e. The number of nitrogens with one attached hydrogen (secondary N) is 1. The predicted molar refractivity (Wildman–Crippen MR) is 151 cm³/mol. The molecule has 2 aromatic carbocycles. The maximum absolute atomic E-state index is 15.4. The monoisotopic (exact) mass is 616 g/mol. The standard InChI is InChI=1S/C30H28F4N4O6/c1-16-9-20(43-15-30(2)13-42-14-30)12-23(35-16)38-28(40)25(36-27(39)17-5-7-18(8-6-17)44-29(33)34)26(37(38)3)24-21(31)10-19(41-4)11-22(24)32/h5-12,29H,13-15H2,1-4H3,(H,36,39). The number of halogens is 4. The Labute approximate surface area is 248 Å². The molecular weight excluding hydrogens is 588 g/mol. The van der Waals surface area contributed by atoms with E-state index >= 15 is 8.78 Å². The van der Waals surface area contributed by atoms with Crippen LogP contribution in [0.3, 0.4) is 0 Å². The van der Waals surface area contributed by atoms with Gasteiger partial charge in [0.2, 0.25) is 0 Å². The first-order valence-electron chi connectivity index (χ1n) is 13.3. The normalized spacial score (nSPS) is 13.8. The lowest BCUT2D eigenvalue weighted by molar-refractivity contribution is -0.120. The average Bonchev–Trinajstić information content (AvgIpc) is 3.18. The van der Waals surface area contributed by atoms with Crippen LogP contribution in [0.4, 0.5) is 23.2 Å². The molecule has 0 bridgehead atoms. The van der Waals surface area contributed by atoms with Gasteiger partial charge in [0.15, 0.2) is 5.82 Å². The number of rotatable bonds is 10. The van der Waals surface area contributed by atoms with Gasteiger partial charge in [-0.2, -0.15) is 13.5 Å². The highest BCUT2D eigenvalue weighted by atomic mass is 19.3. The number of anilines is 1. The number of amides is 1. The van der Waals surface area contributed by atoms with E-state index in [2.05, 4.69) is 15.0 Å². The lowest BCUT2D eigenvalue weighted by Crippen LogP contribution is -2.44. The van der Waals surface area contributed by atoms with Crippen molar-refractivity contribution in [2.45, 2.75) is 20.5 Å². The molecule has 0 aliphatic carbocycles. The zero-order valence-corrected chi connectivity index (χ0v) is 24.1. The Bertz CT molecular complexity index is 1740. The molecule has 1 aliphatic rings. The second kappa shape index (κ2) is 12.0. The van der Waals surface area contributed by atoms with Crippen LogP contribution in [-0.4, -0.2) is 53.8 Å². The highest BCUT2D eigenvalue weighted by Crippen LogP contribution is 2.35. The number of aromatic nitrogens is 3. The first kappa shape index (κ1) is 30.6. The van der Waals surface area contributed by atoms with Crippen LogP contribution in [0.15, 0.2) is 53.3 Å². The van der Waals surface area contributed by atoms with Crippen LogP contribution in [0.2, 0.25) is 0 Å². The highest BCUT2D eigenvalue weighted by Gasteiger charge is 2.34. The molecule has 0 radical (unpaired) electrons. The van der Waals surface area contributed by atoms with Crippen molar-refractivity contribution in [1.29, 1.82) is 0 Å². The molecule has 5 rings (SSSR count). The second-order valence-electron chi connectivity index (χ2n) is 10.6. The van der Waals surface area contributed by atoms with Crippen molar-refractivity contribution in [2.75, 3.05) is 32.2 Å². The van der Waals surface area contributed by atoms with E-state index < -0.39 is 41.0 Å². The summed E-state index contributed by atoms with van der Waals surface area (Å²) in [7, 11) is 2.62. The zero-order valence-electron chi connectivity index (χ0n) is 24.1. The fourth-order valence-electron chi connectivity index (χ4n) is 4.73. The minimum Gasteiger partial charge on any atom is -0.497 e. The first-order chi connectivity index (χ1) is 20.9. The van der Waals surface area contributed by atoms with Crippen LogP contribution in [0.1, 0.15) is 23.0 Å². The molecule has 0 unspecified atom stereocenters. The molecule has 232 valence electrons. The summed E-state index contributed by atoms with van der Waals surface area (Å²) >= 11 is 0. The van der Waals surface area contributed by atoms with Gasteiger partial charge in [-0.1, -0.05) is 6.92 Å². The average molecular weight is 617 g/mol. The molecule has 1 fully saturated rings. The number of methoxy groups -OCH3 is 1. The van der Waals surface area contributed by atoms with Crippen LogP contribution in [0.5, 0.6) is 17.2 Å². The third-order valence-electron chi connectivity index (χ3n) is 6.95. The SMILES string of the molecule is COc1cc(F)c(-c2c(NC(=O)c3ccc(OC(F)F)cc3)c(=O)n(-c3cc(OCC4(C)COC4)cc(C)n3)n2C)c(F)c1. The van der Waals surface area contributed by atoms with E-state index in [0.717, 1.165) is 33.6 Å². The minimum atomic E-state index is -3.06. The predicted octanol–water partition coefficient (Wildman–Crippen LogP) is 5.10. The lowest BCUT2D eigenvalue weighted by atomic mass is 9.90. The van der Waals surface area contributed by atoms with Gasteiger partial charge in [-0.3, -0.25) is 14.3 Å². The summed E-state index contributed by atoms with van der Waals surface area (Å²) in [6, 6.07) is 9.72. The summed E-state index contributed by atoms with van der Waals surface area (Å²) in [5.41, 5.74) is -1.95. The van der Waals surface area contributed by atoms with Crippen molar-refractivity contribution >= 4 is 11.6 Å². The fourth-order valence-corrected chi connectivity index (χ4v) is 4.73. The van der Waals surface area contributed by atoms with E-state index in [1.165, 1.54) is 32.4 Å². The number of ether oxygens (including phenoxy) is 4. The highest BCUT2D eigenvalue weighted by molar-refractivity contribution is 6.06. The molecule has 3 heterocycles. The molecule has 1 aliphatic heterocycles. The third kappa shape index (κ3) is 6.11. The second-order valence-corrected chi connectivity index (χ2v) is 10.6. The fraction of sp³-hybridized carbons (Fsp3) is 0.300. The minimum absolute atomic E-state index is 0.0409. The van der Waals surface area contributed by atoms with Crippen molar-refractivity contribution < 1.29 is 41.3 Å². The Kier molecular flexibility index (Phi) is 8.37. The molecule has 1 saturated heterocycles. The first-order valence-corrected chi connectivity index (χ1v) is 13.3. The molecule has 0 spiro atoms. The number of hydrogen-bond acceptors (Lipinski definition) is 7. The molecular formula is C30H28F4N4O6. The Morgan fingerprint density at radius 3 is 2.30 bits per heavy atom. The Balaban J connectivity index is 1.61. The molecule has 44 heavy (non-hydrogen) atoms. The van der Waals surface area contributed by atoms with Crippen LogP contribution in [0.25, 0.3) is 17.1 Å². The summed E-state index contributed by atoms with van der Waals surface area (Å²) in [5, 5.41) is 2.44. The van der Waals surface area contributed by atoms with Crippen molar-refractivity contribution in [3.8, 4) is 34.3 Å². The number of nitrogens with zero attached hydrogens (tertiary/aromatic N) is 3. The molecule has 0 saturated carbocycles. The summed E-state index contributed by atoms with van der Waals surface area (Å²) in [4.78, 5) is 31.6. The summed E-state index contributed by atoms with van der Waals surface area (Å²) in [6.07, 6.45) is 0. The molecule has 1 amide bonds. The zero-order chi connectivity index (χ0) is 31.8. The Morgan fingerprint density at radius 1 is 1.07 bits per heavy atom. The smallest absolute Gasteiger partial charge is 0.387 e. The van der Waals surface area contributed by atoms with E-state index in [4.69, 9.17) is 14.2 Å². The van der Waals surface area contributed by atoms with Gasteiger partial charge in [-0.15, -0.1) is 0 Å². The van der Waals surface area contributed by atoms with Gasteiger partial charge in [0, 0.05) is 48.0 Å². The molecule has 4 aromatic rings. The van der Waals surface area contributed by atoms with Crippen molar-refractivity contribution in [2.24, 2.45) is 12.5 Å². The molecule has 2 aromatic heterocycles. The number of carbonyl (C=O) groups is 1. The number of hydrogen-bond donors (Lipinski definition) is 1. The summed E-state index contributed by atoms with van der Waals surface area (Å²) in [5.74, 6) is -2.80. The van der Waals surface area contributed by atoms with E-state index in [1.807, 2.05) is 6.92 Å². The van der Waals surface area contributed by atoms with Gasteiger partial charge >= 0.3 is 6.61 Å². The van der Waals surface area contributed by atoms with Gasteiger partial charge < -0.3 is 24.3 Å². The van der Waals surface area contributed by atoms with Crippen molar-refractivity contribution in [3.05, 3.63) is 81.8 Å². The van der Waals surface area contributed by atoms with Crippen molar-refractivity contribution in [1.82, 2.24) is 14.3 Å². The van der Waals surface area contributed by atoms with Gasteiger partial charge in [0.05, 0.1) is 32.5 Å². The molecule has 0 atom stereocenters. The number of pyridine rings is 1. The Hall–Kier alpha value is -4.85. The van der Waals surface area contributed by atoms with Crippen LogP contribution < -0.4 is 25.1 Å².